The molecule has 2 nitrogen and oxygen atoms in total. The molecule has 0 aliphatic heterocycles. The van der Waals surface area contributed by atoms with Gasteiger partial charge in [0, 0.05) is 11.6 Å². The van der Waals surface area contributed by atoms with Crippen molar-refractivity contribution in [3.63, 3.8) is 0 Å². The van der Waals surface area contributed by atoms with Gasteiger partial charge in [-0.3, -0.25) is 0 Å². The summed E-state index contributed by atoms with van der Waals surface area (Å²) in [5, 5.41) is 0. The molecule has 0 atom stereocenters. The normalized spacial score (nSPS) is 10.7. The molecule has 2 aromatic carbocycles. The van der Waals surface area contributed by atoms with Crippen LogP contribution in [-0.2, 0) is 13.0 Å². The number of hydrogen-bond acceptors (Lipinski definition) is 2. The van der Waals surface area contributed by atoms with E-state index in [4.69, 9.17) is 10.5 Å². The molecule has 0 spiro atoms. The van der Waals surface area contributed by atoms with Gasteiger partial charge in [0.15, 0.2) is 0 Å². The summed E-state index contributed by atoms with van der Waals surface area (Å²) in [6.45, 7) is 4.57. The Balaban J connectivity index is 2.16. The SMILES string of the molecule is Cc1cc(CCN)cc(C)c1OCc1ccc(F)cc1F. The summed E-state index contributed by atoms with van der Waals surface area (Å²) in [6, 6.07) is 7.54. The van der Waals surface area contributed by atoms with Crippen molar-refractivity contribution < 1.29 is 13.5 Å². The van der Waals surface area contributed by atoms with E-state index in [2.05, 4.69) is 0 Å². The molecule has 0 aromatic heterocycles. The van der Waals surface area contributed by atoms with Crippen LogP contribution in [0.5, 0.6) is 5.75 Å². The van der Waals surface area contributed by atoms with Crippen molar-refractivity contribution in [2.75, 3.05) is 6.54 Å². The van der Waals surface area contributed by atoms with Crippen molar-refractivity contribution in [1.29, 1.82) is 0 Å². The zero-order valence-corrected chi connectivity index (χ0v) is 12.2. The molecule has 2 aromatic rings. The average molecular weight is 291 g/mol. The molecule has 0 aliphatic carbocycles. The molecule has 0 amide bonds. The standard InChI is InChI=1S/C17H19F2NO/c1-11-7-13(5-6-20)8-12(2)17(11)21-10-14-3-4-15(18)9-16(14)19/h3-4,7-9H,5-6,10,20H2,1-2H3. The molecule has 0 radical (unpaired) electrons. The summed E-state index contributed by atoms with van der Waals surface area (Å²) >= 11 is 0. The Morgan fingerprint density at radius 1 is 1.05 bits per heavy atom. The third-order valence-electron chi connectivity index (χ3n) is 3.34. The van der Waals surface area contributed by atoms with E-state index in [9.17, 15) is 8.78 Å². The first kappa shape index (κ1) is 15.4. The maximum absolute atomic E-state index is 13.6. The summed E-state index contributed by atoms with van der Waals surface area (Å²) in [5.41, 5.74) is 9.03. The third kappa shape index (κ3) is 3.79. The summed E-state index contributed by atoms with van der Waals surface area (Å²) < 4.78 is 32.2. The molecule has 0 aliphatic rings. The molecule has 0 unspecified atom stereocenters. The van der Waals surface area contributed by atoms with E-state index in [1.807, 2.05) is 26.0 Å². The van der Waals surface area contributed by atoms with Crippen LogP contribution in [0.1, 0.15) is 22.3 Å². The second-order valence-corrected chi connectivity index (χ2v) is 5.12. The number of ether oxygens (including phenoxy) is 1. The lowest BCUT2D eigenvalue weighted by Gasteiger charge is -2.14. The Kier molecular flexibility index (Phi) is 4.91. The molecule has 112 valence electrons. The first-order chi connectivity index (χ1) is 10.0. The Labute approximate surface area is 123 Å². The van der Waals surface area contributed by atoms with Crippen LogP contribution >= 0.6 is 0 Å². The molecule has 2 N–H and O–H groups in total. The van der Waals surface area contributed by atoms with Crippen molar-refractivity contribution in [3.8, 4) is 5.75 Å². The lowest BCUT2D eigenvalue weighted by Crippen LogP contribution is -2.05. The molecule has 4 heteroatoms. The highest BCUT2D eigenvalue weighted by molar-refractivity contribution is 5.43. The van der Waals surface area contributed by atoms with Crippen LogP contribution in [0.2, 0.25) is 0 Å². The lowest BCUT2D eigenvalue weighted by atomic mass is 10.0. The minimum atomic E-state index is -0.593. The van der Waals surface area contributed by atoms with Gasteiger partial charge in [-0.2, -0.15) is 0 Å². The Morgan fingerprint density at radius 2 is 1.71 bits per heavy atom. The van der Waals surface area contributed by atoms with E-state index in [1.165, 1.54) is 12.1 Å². The molecule has 0 fully saturated rings. The first-order valence-electron chi connectivity index (χ1n) is 6.88. The van der Waals surface area contributed by atoms with Crippen LogP contribution < -0.4 is 10.5 Å². The van der Waals surface area contributed by atoms with E-state index >= 15 is 0 Å². The molecular weight excluding hydrogens is 272 g/mol. The third-order valence-corrected chi connectivity index (χ3v) is 3.34. The number of aryl methyl sites for hydroxylation is 2. The Morgan fingerprint density at radius 3 is 2.29 bits per heavy atom. The van der Waals surface area contributed by atoms with Gasteiger partial charge in [-0.1, -0.05) is 12.1 Å². The number of halogens is 2. The second-order valence-electron chi connectivity index (χ2n) is 5.12. The topological polar surface area (TPSA) is 35.2 Å². The largest absolute Gasteiger partial charge is 0.488 e. The molecule has 2 rings (SSSR count). The van der Waals surface area contributed by atoms with Crippen LogP contribution in [0, 0.1) is 25.5 Å². The van der Waals surface area contributed by atoms with Gasteiger partial charge in [0.05, 0.1) is 0 Å². The molecule has 21 heavy (non-hydrogen) atoms. The quantitative estimate of drug-likeness (QED) is 0.912. The number of benzene rings is 2. The molecule has 0 bridgehead atoms. The molecule has 0 heterocycles. The van der Waals surface area contributed by atoms with Crippen LogP contribution in [0.4, 0.5) is 8.78 Å². The van der Waals surface area contributed by atoms with E-state index in [1.54, 1.807) is 0 Å². The van der Waals surface area contributed by atoms with Crippen LogP contribution in [0.3, 0.4) is 0 Å². The predicted octanol–water partition coefficient (Wildman–Crippen LogP) is 3.66. The average Bonchev–Trinajstić information content (AvgIpc) is 2.40. The summed E-state index contributed by atoms with van der Waals surface area (Å²) in [6.07, 6.45) is 0.814. The maximum Gasteiger partial charge on any atom is 0.132 e. The van der Waals surface area contributed by atoms with E-state index in [0.29, 0.717) is 12.1 Å². The van der Waals surface area contributed by atoms with Crippen LogP contribution in [0.15, 0.2) is 30.3 Å². The van der Waals surface area contributed by atoms with Gasteiger partial charge in [0.2, 0.25) is 0 Å². The van der Waals surface area contributed by atoms with Crippen molar-refractivity contribution >= 4 is 0 Å². The summed E-state index contributed by atoms with van der Waals surface area (Å²) in [7, 11) is 0. The Bertz CT molecular complexity index is 618. The number of rotatable bonds is 5. The summed E-state index contributed by atoms with van der Waals surface area (Å²) in [5.74, 6) is -0.445. The van der Waals surface area contributed by atoms with E-state index in [-0.39, 0.29) is 6.61 Å². The monoisotopic (exact) mass is 291 g/mol. The predicted molar refractivity (Wildman–Crippen MR) is 79.4 cm³/mol. The molecule has 0 saturated carbocycles. The fraction of sp³-hybridized carbons (Fsp3) is 0.294. The maximum atomic E-state index is 13.6. The van der Waals surface area contributed by atoms with Crippen molar-refractivity contribution in [2.45, 2.75) is 26.9 Å². The van der Waals surface area contributed by atoms with Crippen molar-refractivity contribution in [3.05, 3.63) is 64.2 Å². The second kappa shape index (κ2) is 6.68. The van der Waals surface area contributed by atoms with Gasteiger partial charge in [0.1, 0.15) is 24.0 Å². The zero-order chi connectivity index (χ0) is 15.4. The molecule has 0 saturated heterocycles. The molecular formula is C17H19F2NO. The Hall–Kier alpha value is -1.94. The van der Waals surface area contributed by atoms with Gasteiger partial charge < -0.3 is 10.5 Å². The van der Waals surface area contributed by atoms with Gasteiger partial charge in [0.25, 0.3) is 0 Å². The highest BCUT2D eigenvalue weighted by Gasteiger charge is 2.09. The van der Waals surface area contributed by atoms with Gasteiger partial charge in [-0.05, 0) is 55.6 Å². The summed E-state index contributed by atoms with van der Waals surface area (Å²) in [4.78, 5) is 0. The minimum Gasteiger partial charge on any atom is -0.488 e. The van der Waals surface area contributed by atoms with Crippen molar-refractivity contribution in [2.24, 2.45) is 5.73 Å². The fourth-order valence-corrected chi connectivity index (χ4v) is 2.37. The zero-order valence-electron chi connectivity index (χ0n) is 12.2. The van der Waals surface area contributed by atoms with Crippen molar-refractivity contribution in [1.82, 2.24) is 0 Å². The number of hydrogen-bond donors (Lipinski definition) is 1. The van der Waals surface area contributed by atoms with Crippen LogP contribution in [0.25, 0.3) is 0 Å². The number of nitrogens with two attached hydrogens (primary N) is 1. The highest BCUT2D eigenvalue weighted by atomic mass is 19.1. The van der Waals surface area contributed by atoms with Gasteiger partial charge in [-0.15, -0.1) is 0 Å². The van der Waals surface area contributed by atoms with Gasteiger partial charge in [-0.25, -0.2) is 8.78 Å². The van der Waals surface area contributed by atoms with Crippen LogP contribution in [-0.4, -0.2) is 6.54 Å². The minimum absolute atomic E-state index is 0.0734. The van der Waals surface area contributed by atoms with E-state index < -0.39 is 11.6 Å². The lowest BCUT2D eigenvalue weighted by molar-refractivity contribution is 0.295. The van der Waals surface area contributed by atoms with E-state index in [0.717, 1.165) is 34.9 Å². The smallest absolute Gasteiger partial charge is 0.132 e. The fourth-order valence-electron chi connectivity index (χ4n) is 2.37. The first-order valence-corrected chi connectivity index (χ1v) is 6.88. The highest BCUT2D eigenvalue weighted by Crippen LogP contribution is 2.26. The van der Waals surface area contributed by atoms with Gasteiger partial charge >= 0.3 is 0 Å².